The van der Waals surface area contributed by atoms with Crippen LogP contribution in [0.15, 0.2) is 47.0 Å². The topological polar surface area (TPSA) is 80.0 Å². The third-order valence-corrected chi connectivity index (χ3v) is 5.71. The van der Waals surface area contributed by atoms with Crippen LogP contribution in [-0.2, 0) is 6.54 Å². The Balaban J connectivity index is 1.37. The highest BCUT2D eigenvalue weighted by molar-refractivity contribution is 5.95. The first-order valence-corrected chi connectivity index (χ1v) is 10.6. The van der Waals surface area contributed by atoms with Gasteiger partial charge in [0.2, 0.25) is 11.7 Å². The van der Waals surface area contributed by atoms with Crippen molar-refractivity contribution in [3.05, 3.63) is 65.0 Å². The third-order valence-electron chi connectivity index (χ3n) is 5.71. The highest BCUT2D eigenvalue weighted by atomic mass is 16.5. The lowest BCUT2D eigenvalue weighted by atomic mass is 9.95. The molecule has 4 rings (SSSR count). The van der Waals surface area contributed by atoms with E-state index in [9.17, 15) is 4.79 Å². The van der Waals surface area contributed by atoms with Crippen LogP contribution in [0.1, 0.15) is 59.5 Å². The Labute approximate surface area is 177 Å². The van der Waals surface area contributed by atoms with Crippen molar-refractivity contribution in [2.45, 2.75) is 58.5 Å². The summed E-state index contributed by atoms with van der Waals surface area (Å²) < 4.78 is 5.39. The fraction of sp³-hybridized carbons (Fsp3) is 0.375. The molecule has 1 aliphatic rings. The molecule has 156 valence electrons. The summed E-state index contributed by atoms with van der Waals surface area (Å²) in [5.41, 5.74) is 4.72. The summed E-state index contributed by atoms with van der Waals surface area (Å²) >= 11 is 0. The molecule has 1 aromatic heterocycles. The molecule has 1 fully saturated rings. The zero-order valence-electron chi connectivity index (χ0n) is 17.6. The van der Waals surface area contributed by atoms with E-state index in [0.29, 0.717) is 29.9 Å². The zero-order chi connectivity index (χ0) is 20.9. The largest absolute Gasteiger partial charge is 0.376 e. The zero-order valence-corrected chi connectivity index (χ0v) is 17.6. The van der Waals surface area contributed by atoms with E-state index in [-0.39, 0.29) is 5.91 Å². The first kappa shape index (κ1) is 20.1. The van der Waals surface area contributed by atoms with Gasteiger partial charge in [-0.1, -0.05) is 48.7 Å². The number of carbonyl (C=O) groups is 1. The quantitative estimate of drug-likeness (QED) is 0.602. The van der Waals surface area contributed by atoms with Crippen LogP contribution >= 0.6 is 0 Å². The lowest BCUT2D eigenvalue weighted by Crippen LogP contribution is -2.36. The highest BCUT2D eigenvalue weighted by Crippen LogP contribution is 2.22. The van der Waals surface area contributed by atoms with Gasteiger partial charge in [-0.25, -0.2) is 0 Å². The van der Waals surface area contributed by atoms with Crippen LogP contribution in [0.3, 0.4) is 0 Å². The molecule has 6 heteroatoms. The molecule has 1 heterocycles. The third kappa shape index (κ3) is 4.70. The van der Waals surface area contributed by atoms with Gasteiger partial charge >= 0.3 is 0 Å². The number of benzene rings is 2. The summed E-state index contributed by atoms with van der Waals surface area (Å²) in [6, 6.07) is 14.0. The normalized spacial score (nSPS) is 14.5. The number of hydrogen-bond donors (Lipinski definition) is 2. The molecule has 6 nitrogen and oxygen atoms in total. The van der Waals surface area contributed by atoms with E-state index in [1.54, 1.807) is 0 Å². The molecule has 0 radical (unpaired) electrons. The van der Waals surface area contributed by atoms with Crippen molar-refractivity contribution in [1.29, 1.82) is 0 Å². The Bertz CT molecular complexity index is 1020. The second-order valence-electron chi connectivity index (χ2n) is 8.02. The molecular formula is C24H28N4O2. The number of nitrogens with one attached hydrogen (secondary N) is 2. The molecule has 3 aromatic rings. The van der Waals surface area contributed by atoms with Crippen molar-refractivity contribution in [3.8, 4) is 11.4 Å². The average Bonchev–Trinajstić information content (AvgIpc) is 3.22. The van der Waals surface area contributed by atoms with E-state index in [0.717, 1.165) is 35.2 Å². The molecule has 0 bridgehead atoms. The Morgan fingerprint density at radius 3 is 2.63 bits per heavy atom. The summed E-state index contributed by atoms with van der Waals surface area (Å²) in [5, 5.41) is 10.6. The Kier molecular flexibility index (Phi) is 6.12. The van der Waals surface area contributed by atoms with Crippen molar-refractivity contribution in [2.24, 2.45) is 0 Å². The predicted molar refractivity (Wildman–Crippen MR) is 117 cm³/mol. The monoisotopic (exact) mass is 404 g/mol. The Morgan fingerprint density at radius 1 is 1.07 bits per heavy atom. The molecule has 30 heavy (non-hydrogen) atoms. The van der Waals surface area contributed by atoms with Gasteiger partial charge in [0, 0.05) is 22.9 Å². The summed E-state index contributed by atoms with van der Waals surface area (Å²) in [7, 11) is 0. The van der Waals surface area contributed by atoms with Crippen molar-refractivity contribution in [2.75, 3.05) is 5.32 Å². The molecule has 2 N–H and O–H groups in total. The van der Waals surface area contributed by atoms with Crippen LogP contribution in [0.5, 0.6) is 0 Å². The van der Waals surface area contributed by atoms with Gasteiger partial charge < -0.3 is 15.2 Å². The number of nitrogens with zero attached hydrogens (tertiary/aromatic N) is 2. The van der Waals surface area contributed by atoms with Crippen LogP contribution in [-0.4, -0.2) is 22.1 Å². The van der Waals surface area contributed by atoms with E-state index in [1.165, 1.54) is 19.3 Å². The second kappa shape index (κ2) is 9.11. The van der Waals surface area contributed by atoms with Gasteiger partial charge in [0.05, 0.1) is 6.54 Å². The molecule has 1 saturated carbocycles. The van der Waals surface area contributed by atoms with Gasteiger partial charge in [0.25, 0.3) is 5.91 Å². The minimum atomic E-state index is 0.0105. The smallest absolute Gasteiger partial charge is 0.251 e. The number of hydrogen-bond acceptors (Lipinski definition) is 5. The summed E-state index contributed by atoms with van der Waals surface area (Å²) in [6.45, 7) is 4.44. The van der Waals surface area contributed by atoms with Gasteiger partial charge in [-0.05, 0) is 56.0 Å². The van der Waals surface area contributed by atoms with Crippen LogP contribution in [0, 0.1) is 13.8 Å². The van der Waals surface area contributed by atoms with Gasteiger partial charge in [-0.2, -0.15) is 4.98 Å². The first-order chi connectivity index (χ1) is 14.6. The number of amides is 1. The maximum Gasteiger partial charge on any atom is 0.251 e. The van der Waals surface area contributed by atoms with Gasteiger partial charge in [0.1, 0.15) is 0 Å². The number of rotatable bonds is 6. The van der Waals surface area contributed by atoms with Gasteiger partial charge in [0.15, 0.2) is 0 Å². The molecule has 2 aromatic carbocycles. The van der Waals surface area contributed by atoms with Crippen molar-refractivity contribution in [3.63, 3.8) is 0 Å². The van der Waals surface area contributed by atoms with E-state index in [2.05, 4.69) is 20.8 Å². The second-order valence-corrected chi connectivity index (χ2v) is 8.02. The molecule has 0 saturated heterocycles. The lowest BCUT2D eigenvalue weighted by Gasteiger charge is -2.23. The van der Waals surface area contributed by atoms with Crippen LogP contribution in [0.2, 0.25) is 0 Å². The molecule has 0 unspecified atom stereocenters. The number of aryl methyl sites for hydroxylation is 2. The van der Waals surface area contributed by atoms with E-state index in [4.69, 9.17) is 4.52 Å². The molecule has 1 aliphatic carbocycles. The van der Waals surface area contributed by atoms with E-state index in [1.807, 2.05) is 56.3 Å². The Hall–Kier alpha value is -3.15. The van der Waals surface area contributed by atoms with Gasteiger partial charge in [-0.15, -0.1) is 0 Å². The molecular weight excluding hydrogens is 376 g/mol. The predicted octanol–water partition coefficient (Wildman–Crippen LogP) is 5.03. The maximum absolute atomic E-state index is 12.6. The SMILES string of the molecule is Cc1cc(C(=O)NC2CCCCC2)ccc1NCc1nc(-c2ccccc2C)no1. The minimum absolute atomic E-state index is 0.0105. The number of anilines is 1. The maximum atomic E-state index is 12.6. The number of aromatic nitrogens is 2. The first-order valence-electron chi connectivity index (χ1n) is 10.6. The summed E-state index contributed by atoms with van der Waals surface area (Å²) in [4.78, 5) is 17.0. The fourth-order valence-corrected chi connectivity index (χ4v) is 3.95. The van der Waals surface area contributed by atoms with Gasteiger partial charge in [-0.3, -0.25) is 4.79 Å². The van der Waals surface area contributed by atoms with E-state index < -0.39 is 0 Å². The fourth-order valence-electron chi connectivity index (χ4n) is 3.95. The van der Waals surface area contributed by atoms with Crippen LogP contribution in [0.25, 0.3) is 11.4 Å². The van der Waals surface area contributed by atoms with Crippen LogP contribution < -0.4 is 10.6 Å². The Morgan fingerprint density at radius 2 is 1.87 bits per heavy atom. The molecule has 0 atom stereocenters. The van der Waals surface area contributed by atoms with Crippen LogP contribution in [0.4, 0.5) is 5.69 Å². The standard InChI is InChI=1S/C24H28N4O2/c1-16-8-6-7-11-20(16)23-27-22(30-28-23)15-25-21-13-12-18(14-17(21)2)24(29)26-19-9-4-3-5-10-19/h6-8,11-14,19,25H,3-5,9-10,15H2,1-2H3,(H,26,29). The number of carbonyl (C=O) groups excluding carboxylic acids is 1. The minimum Gasteiger partial charge on any atom is -0.376 e. The van der Waals surface area contributed by atoms with Crippen molar-refractivity contribution < 1.29 is 9.32 Å². The molecule has 0 spiro atoms. The van der Waals surface area contributed by atoms with E-state index >= 15 is 0 Å². The van der Waals surface area contributed by atoms with Crippen molar-refractivity contribution >= 4 is 11.6 Å². The average molecular weight is 405 g/mol. The summed E-state index contributed by atoms with van der Waals surface area (Å²) in [5.74, 6) is 1.12. The molecule has 1 amide bonds. The highest BCUT2D eigenvalue weighted by Gasteiger charge is 2.17. The lowest BCUT2D eigenvalue weighted by molar-refractivity contribution is 0.0927. The molecule has 0 aliphatic heterocycles. The van der Waals surface area contributed by atoms with Crippen molar-refractivity contribution in [1.82, 2.24) is 15.5 Å². The summed E-state index contributed by atoms with van der Waals surface area (Å²) in [6.07, 6.45) is 5.85.